The number of aromatic carboxylic acids is 1. The fourth-order valence-electron chi connectivity index (χ4n) is 2.58. The van der Waals surface area contributed by atoms with Crippen LogP contribution in [0, 0.1) is 0 Å². The van der Waals surface area contributed by atoms with Crippen molar-refractivity contribution < 1.29 is 29.0 Å². The third kappa shape index (κ3) is 4.00. The number of carbonyl (C=O) groups excluding carboxylic acids is 2. The van der Waals surface area contributed by atoms with Gasteiger partial charge in [-0.15, -0.1) is 0 Å². The molecule has 1 heterocycles. The second-order valence-electron chi connectivity index (χ2n) is 5.75. The summed E-state index contributed by atoms with van der Waals surface area (Å²) in [5.74, 6) is -0.864. The molecule has 2 aromatic carbocycles. The molecular formula is C19H17NO6. The van der Waals surface area contributed by atoms with Crippen LogP contribution in [0.5, 0.6) is 5.75 Å². The third-order valence-electron chi connectivity index (χ3n) is 3.95. The highest BCUT2D eigenvalue weighted by molar-refractivity contribution is 6.03. The van der Waals surface area contributed by atoms with Crippen molar-refractivity contribution in [2.45, 2.75) is 12.5 Å². The van der Waals surface area contributed by atoms with Crippen molar-refractivity contribution >= 4 is 18.0 Å². The molecule has 0 aliphatic carbocycles. The standard InChI is InChI=1S/C19H17NO6/c21-17(13-4-2-1-3-5-13)20-12-16(26-19(20)24)10-11-25-15-8-6-14(7-9-15)18(22)23/h1-9,16H,10-12H2,(H,22,23). The van der Waals surface area contributed by atoms with E-state index in [-0.39, 0.29) is 24.6 Å². The fourth-order valence-corrected chi connectivity index (χ4v) is 2.58. The quantitative estimate of drug-likeness (QED) is 0.856. The van der Waals surface area contributed by atoms with Gasteiger partial charge < -0.3 is 14.6 Å². The predicted octanol–water partition coefficient (Wildman–Crippen LogP) is 2.81. The Bertz CT molecular complexity index is 803. The van der Waals surface area contributed by atoms with Crippen molar-refractivity contribution in [2.75, 3.05) is 13.2 Å². The monoisotopic (exact) mass is 355 g/mol. The van der Waals surface area contributed by atoms with Crippen LogP contribution in [0.1, 0.15) is 27.1 Å². The van der Waals surface area contributed by atoms with E-state index in [9.17, 15) is 14.4 Å². The van der Waals surface area contributed by atoms with E-state index in [2.05, 4.69) is 0 Å². The zero-order valence-corrected chi connectivity index (χ0v) is 13.8. The first-order valence-corrected chi connectivity index (χ1v) is 8.08. The molecule has 7 nitrogen and oxygen atoms in total. The molecule has 0 aromatic heterocycles. The average molecular weight is 355 g/mol. The average Bonchev–Trinajstić information content (AvgIpc) is 3.03. The lowest BCUT2D eigenvalue weighted by molar-refractivity contribution is 0.0695. The number of hydrogen-bond donors (Lipinski definition) is 1. The first-order chi connectivity index (χ1) is 12.5. The summed E-state index contributed by atoms with van der Waals surface area (Å²) < 4.78 is 10.7. The van der Waals surface area contributed by atoms with Gasteiger partial charge in [0.2, 0.25) is 0 Å². The molecule has 1 aliphatic heterocycles. The molecule has 3 rings (SSSR count). The smallest absolute Gasteiger partial charge is 0.417 e. The second-order valence-corrected chi connectivity index (χ2v) is 5.75. The van der Waals surface area contributed by atoms with Gasteiger partial charge >= 0.3 is 12.1 Å². The van der Waals surface area contributed by atoms with Crippen LogP contribution in [0.2, 0.25) is 0 Å². The van der Waals surface area contributed by atoms with Crippen molar-refractivity contribution in [3.05, 3.63) is 65.7 Å². The topological polar surface area (TPSA) is 93.1 Å². The Balaban J connectivity index is 1.50. The highest BCUT2D eigenvalue weighted by atomic mass is 16.6. The van der Waals surface area contributed by atoms with Gasteiger partial charge in [-0.05, 0) is 36.4 Å². The molecule has 0 saturated carbocycles. The van der Waals surface area contributed by atoms with Crippen LogP contribution in [0.4, 0.5) is 4.79 Å². The third-order valence-corrected chi connectivity index (χ3v) is 3.95. The molecule has 1 fully saturated rings. The van der Waals surface area contributed by atoms with Crippen LogP contribution >= 0.6 is 0 Å². The van der Waals surface area contributed by atoms with Crippen molar-refractivity contribution in [3.63, 3.8) is 0 Å². The Morgan fingerprint density at radius 1 is 1.08 bits per heavy atom. The second kappa shape index (κ2) is 7.69. The van der Waals surface area contributed by atoms with Gasteiger partial charge in [-0.25, -0.2) is 14.5 Å². The summed E-state index contributed by atoms with van der Waals surface area (Å²) in [6, 6.07) is 14.6. The van der Waals surface area contributed by atoms with Gasteiger partial charge in [-0.1, -0.05) is 18.2 Å². The van der Waals surface area contributed by atoms with E-state index in [4.69, 9.17) is 14.6 Å². The Labute approximate surface area is 149 Å². The normalized spacial score (nSPS) is 16.2. The van der Waals surface area contributed by atoms with Crippen molar-refractivity contribution in [3.8, 4) is 5.75 Å². The molecule has 134 valence electrons. The van der Waals surface area contributed by atoms with Gasteiger partial charge in [-0.3, -0.25) is 4.79 Å². The number of hydrogen-bond acceptors (Lipinski definition) is 5. The zero-order valence-electron chi connectivity index (χ0n) is 13.8. The molecular weight excluding hydrogens is 338 g/mol. The summed E-state index contributed by atoms with van der Waals surface area (Å²) in [7, 11) is 0. The summed E-state index contributed by atoms with van der Waals surface area (Å²) in [5.41, 5.74) is 0.608. The van der Waals surface area contributed by atoms with Crippen LogP contribution in [0.25, 0.3) is 0 Å². The summed E-state index contributed by atoms with van der Waals surface area (Å²) in [6.07, 6.45) is -0.673. The lowest BCUT2D eigenvalue weighted by Crippen LogP contribution is -2.32. The van der Waals surface area contributed by atoms with E-state index in [1.54, 1.807) is 42.5 Å². The minimum Gasteiger partial charge on any atom is -0.493 e. The van der Waals surface area contributed by atoms with Gasteiger partial charge in [0.15, 0.2) is 0 Å². The molecule has 1 aliphatic rings. The van der Waals surface area contributed by atoms with E-state index in [1.165, 1.54) is 12.1 Å². The van der Waals surface area contributed by atoms with Gasteiger partial charge in [0.25, 0.3) is 5.91 Å². The number of imide groups is 1. The fraction of sp³-hybridized carbons (Fsp3) is 0.211. The van der Waals surface area contributed by atoms with Gasteiger partial charge in [0, 0.05) is 12.0 Å². The molecule has 0 spiro atoms. The number of amides is 2. The van der Waals surface area contributed by atoms with E-state index in [0.29, 0.717) is 17.7 Å². The van der Waals surface area contributed by atoms with E-state index in [0.717, 1.165) is 4.90 Å². The molecule has 26 heavy (non-hydrogen) atoms. The van der Waals surface area contributed by atoms with Gasteiger partial charge in [0.05, 0.1) is 18.7 Å². The number of carboxylic acid groups (broad SMARTS) is 1. The largest absolute Gasteiger partial charge is 0.493 e. The zero-order chi connectivity index (χ0) is 18.5. The van der Waals surface area contributed by atoms with Crippen LogP contribution in [-0.2, 0) is 4.74 Å². The highest BCUT2D eigenvalue weighted by Crippen LogP contribution is 2.18. The molecule has 2 aromatic rings. The number of benzene rings is 2. The minimum absolute atomic E-state index is 0.174. The van der Waals surface area contributed by atoms with Crippen molar-refractivity contribution in [1.29, 1.82) is 0 Å². The number of ether oxygens (including phenoxy) is 2. The molecule has 0 bridgehead atoms. The van der Waals surface area contributed by atoms with Crippen LogP contribution < -0.4 is 4.74 Å². The molecule has 1 saturated heterocycles. The van der Waals surface area contributed by atoms with Crippen LogP contribution in [0.15, 0.2) is 54.6 Å². The maximum absolute atomic E-state index is 12.3. The maximum Gasteiger partial charge on any atom is 0.417 e. The number of carboxylic acids is 1. The minimum atomic E-state index is -1.00. The van der Waals surface area contributed by atoms with Crippen LogP contribution in [-0.4, -0.2) is 47.2 Å². The Morgan fingerprint density at radius 2 is 1.77 bits per heavy atom. The van der Waals surface area contributed by atoms with Gasteiger partial charge in [-0.2, -0.15) is 0 Å². The molecule has 1 unspecified atom stereocenters. The molecule has 0 radical (unpaired) electrons. The highest BCUT2D eigenvalue weighted by Gasteiger charge is 2.35. The maximum atomic E-state index is 12.3. The number of nitrogens with zero attached hydrogens (tertiary/aromatic N) is 1. The first-order valence-electron chi connectivity index (χ1n) is 8.08. The number of cyclic esters (lactones) is 1. The summed E-state index contributed by atoms with van der Waals surface area (Å²) in [6.45, 7) is 0.450. The SMILES string of the molecule is O=C(O)c1ccc(OCCC2CN(C(=O)c3ccccc3)C(=O)O2)cc1. The number of rotatable bonds is 6. The molecule has 7 heteroatoms. The first kappa shape index (κ1) is 17.5. The predicted molar refractivity (Wildman–Crippen MR) is 91.3 cm³/mol. The Hall–Kier alpha value is -3.35. The van der Waals surface area contributed by atoms with E-state index in [1.807, 2.05) is 0 Å². The lowest BCUT2D eigenvalue weighted by atomic mass is 10.2. The molecule has 2 amide bonds. The summed E-state index contributed by atoms with van der Waals surface area (Å²) in [4.78, 5) is 36.1. The van der Waals surface area contributed by atoms with Crippen molar-refractivity contribution in [1.82, 2.24) is 4.90 Å². The number of carbonyl (C=O) groups is 3. The lowest BCUT2D eigenvalue weighted by Gasteiger charge is -2.11. The summed E-state index contributed by atoms with van der Waals surface area (Å²) >= 11 is 0. The molecule has 1 N–H and O–H groups in total. The van der Waals surface area contributed by atoms with E-state index < -0.39 is 18.2 Å². The molecule has 1 atom stereocenters. The van der Waals surface area contributed by atoms with E-state index >= 15 is 0 Å². The van der Waals surface area contributed by atoms with Gasteiger partial charge in [0.1, 0.15) is 11.9 Å². The van der Waals surface area contributed by atoms with Crippen molar-refractivity contribution in [2.24, 2.45) is 0 Å². The van der Waals surface area contributed by atoms with Crippen LogP contribution in [0.3, 0.4) is 0 Å². The Kier molecular flexibility index (Phi) is 5.17. The Morgan fingerprint density at radius 3 is 2.42 bits per heavy atom. The summed E-state index contributed by atoms with van der Waals surface area (Å²) in [5, 5.41) is 8.85.